The molecular formula is C17H20ClNO2. The van der Waals surface area contributed by atoms with Gasteiger partial charge in [0.2, 0.25) is 0 Å². The first-order chi connectivity index (χ1) is 10.2. The largest absolute Gasteiger partial charge is 0.497 e. The molecule has 1 unspecified atom stereocenters. The second-order valence-corrected chi connectivity index (χ2v) is 5.13. The van der Waals surface area contributed by atoms with Gasteiger partial charge in [-0.05, 0) is 47.9 Å². The Morgan fingerprint density at radius 3 is 2.62 bits per heavy atom. The van der Waals surface area contributed by atoms with E-state index in [2.05, 4.69) is 6.92 Å². The van der Waals surface area contributed by atoms with Gasteiger partial charge in [-0.1, -0.05) is 30.7 Å². The summed E-state index contributed by atoms with van der Waals surface area (Å²) in [6.07, 6.45) is 0.647. The molecule has 0 saturated heterocycles. The number of rotatable bonds is 6. The fourth-order valence-electron chi connectivity index (χ4n) is 2.15. The summed E-state index contributed by atoms with van der Waals surface area (Å²) >= 11 is 6.13. The van der Waals surface area contributed by atoms with Gasteiger partial charge in [0.05, 0.1) is 7.11 Å². The number of ether oxygens (including phenoxy) is 2. The van der Waals surface area contributed by atoms with E-state index < -0.39 is 0 Å². The highest BCUT2D eigenvalue weighted by Crippen LogP contribution is 2.27. The minimum absolute atomic E-state index is 0.217. The lowest BCUT2D eigenvalue weighted by Gasteiger charge is -2.19. The van der Waals surface area contributed by atoms with Crippen LogP contribution >= 0.6 is 11.6 Å². The van der Waals surface area contributed by atoms with E-state index in [9.17, 15) is 0 Å². The first-order valence-electron chi connectivity index (χ1n) is 6.97. The minimum atomic E-state index is -0.217. The fraction of sp³-hybridized carbons (Fsp3) is 0.294. The number of nitrogens with two attached hydrogens (primary N) is 1. The van der Waals surface area contributed by atoms with Crippen molar-refractivity contribution in [2.24, 2.45) is 5.73 Å². The maximum atomic E-state index is 6.13. The number of hydrogen-bond donors (Lipinski definition) is 1. The molecule has 3 nitrogen and oxygen atoms in total. The molecule has 4 heteroatoms. The Hall–Kier alpha value is -1.71. The van der Waals surface area contributed by atoms with Crippen LogP contribution in [0.3, 0.4) is 0 Å². The molecule has 0 heterocycles. The van der Waals surface area contributed by atoms with Gasteiger partial charge in [0.25, 0.3) is 0 Å². The second-order valence-electron chi connectivity index (χ2n) is 4.73. The summed E-state index contributed by atoms with van der Waals surface area (Å²) in [5, 5.41) is 0.760. The fourth-order valence-corrected chi connectivity index (χ4v) is 2.40. The van der Waals surface area contributed by atoms with E-state index in [-0.39, 0.29) is 6.10 Å². The van der Waals surface area contributed by atoms with Crippen LogP contribution in [0.5, 0.6) is 11.5 Å². The van der Waals surface area contributed by atoms with Crippen molar-refractivity contribution in [2.45, 2.75) is 19.4 Å². The first kappa shape index (κ1) is 15.7. The van der Waals surface area contributed by atoms with E-state index in [1.54, 1.807) is 7.11 Å². The number of methoxy groups -OCH3 is 1. The van der Waals surface area contributed by atoms with Crippen LogP contribution in [0.4, 0.5) is 0 Å². The molecule has 0 radical (unpaired) electrons. The van der Waals surface area contributed by atoms with E-state index in [1.165, 1.54) is 0 Å². The van der Waals surface area contributed by atoms with Crippen molar-refractivity contribution in [3.63, 3.8) is 0 Å². The molecule has 1 atom stereocenters. The average Bonchev–Trinajstić information content (AvgIpc) is 2.54. The summed E-state index contributed by atoms with van der Waals surface area (Å²) in [5.74, 6) is 1.56. The van der Waals surface area contributed by atoms with Crippen molar-refractivity contribution in [3.05, 3.63) is 58.6 Å². The Labute approximate surface area is 130 Å². The van der Waals surface area contributed by atoms with E-state index in [4.69, 9.17) is 26.8 Å². The smallest absolute Gasteiger partial charge is 0.136 e. The molecule has 0 aliphatic carbocycles. The van der Waals surface area contributed by atoms with Crippen molar-refractivity contribution in [3.8, 4) is 11.5 Å². The third-order valence-electron chi connectivity index (χ3n) is 3.36. The molecule has 2 aromatic rings. The molecule has 112 valence electrons. The van der Waals surface area contributed by atoms with Crippen LogP contribution in [0.15, 0.2) is 42.5 Å². The summed E-state index contributed by atoms with van der Waals surface area (Å²) in [6.45, 7) is 2.45. The number of aryl methyl sites for hydroxylation is 1. The molecule has 2 rings (SSSR count). The highest BCUT2D eigenvalue weighted by Gasteiger charge is 2.13. The van der Waals surface area contributed by atoms with Gasteiger partial charge in [-0.25, -0.2) is 0 Å². The van der Waals surface area contributed by atoms with Crippen LogP contribution in [0.25, 0.3) is 0 Å². The van der Waals surface area contributed by atoms with Crippen LogP contribution in [0, 0.1) is 0 Å². The maximum absolute atomic E-state index is 6.13. The number of hydrogen-bond acceptors (Lipinski definition) is 3. The number of halogens is 1. The van der Waals surface area contributed by atoms with Crippen molar-refractivity contribution < 1.29 is 9.47 Å². The summed E-state index contributed by atoms with van der Waals surface area (Å²) in [4.78, 5) is 0. The Balaban J connectivity index is 2.22. The summed E-state index contributed by atoms with van der Waals surface area (Å²) < 4.78 is 11.2. The van der Waals surface area contributed by atoms with Crippen LogP contribution in [-0.2, 0) is 6.42 Å². The molecule has 0 aliphatic rings. The first-order valence-corrected chi connectivity index (χ1v) is 7.34. The SMILES string of the molecule is CCc1cc(OC(CN)c2cccc(OC)c2)ccc1Cl. The van der Waals surface area contributed by atoms with E-state index in [0.717, 1.165) is 34.1 Å². The highest BCUT2D eigenvalue weighted by atomic mass is 35.5. The van der Waals surface area contributed by atoms with E-state index >= 15 is 0 Å². The van der Waals surface area contributed by atoms with Crippen molar-refractivity contribution in [2.75, 3.05) is 13.7 Å². The zero-order chi connectivity index (χ0) is 15.2. The van der Waals surface area contributed by atoms with Gasteiger partial charge in [-0.3, -0.25) is 0 Å². The lowest BCUT2D eigenvalue weighted by Crippen LogP contribution is -2.18. The van der Waals surface area contributed by atoms with Gasteiger partial charge < -0.3 is 15.2 Å². The predicted octanol–water partition coefficient (Wildman–Crippen LogP) is 3.99. The second kappa shape index (κ2) is 7.34. The van der Waals surface area contributed by atoms with Gasteiger partial charge in [-0.2, -0.15) is 0 Å². The Morgan fingerprint density at radius 1 is 1.14 bits per heavy atom. The molecule has 2 aromatic carbocycles. The molecule has 2 N–H and O–H groups in total. The minimum Gasteiger partial charge on any atom is -0.497 e. The summed E-state index contributed by atoms with van der Waals surface area (Å²) in [6, 6.07) is 13.4. The molecule has 0 spiro atoms. The van der Waals surface area contributed by atoms with Gasteiger partial charge in [-0.15, -0.1) is 0 Å². The molecule has 0 aliphatic heterocycles. The lowest BCUT2D eigenvalue weighted by atomic mass is 10.1. The normalized spacial score (nSPS) is 12.0. The average molecular weight is 306 g/mol. The van der Waals surface area contributed by atoms with E-state index in [1.807, 2.05) is 42.5 Å². The molecule has 21 heavy (non-hydrogen) atoms. The monoisotopic (exact) mass is 305 g/mol. The molecule has 0 amide bonds. The van der Waals surface area contributed by atoms with Gasteiger partial charge >= 0.3 is 0 Å². The van der Waals surface area contributed by atoms with Crippen molar-refractivity contribution in [1.82, 2.24) is 0 Å². The molecule has 0 aromatic heterocycles. The van der Waals surface area contributed by atoms with Gasteiger partial charge in [0.15, 0.2) is 0 Å². The van der Waals surface area contributed by atoms with Crippen molar-refractivity contribution >= 4 is 11.6 Å². The Kier molecular flexibility index (Phi) is 5.48. The highest BCUT2D eigenvalue weighted by molar-refractivity contribution is 6.31. The standard InChI is InChI=1S/C17H20ClNO2/c1-3-12-9-15(7-8-16(12)18)21-17(11-19)13-5-4-6-14(10-13)20-2/h4-10,17H,3,11,19H2,1-2H3. The third kappa shape index (κ3) is 3.90. The predicted molar refractivity (Wildman–Crippen MR) is 86.2 cm³/mol. The maximum Gasteiger partial charge on any atom is 0.136 e. The zero-order valence-electron chi connectivity index (χ0n) is 12.3. The Morgan fingerprint density at radius 2 is 1.95 bits per heavy atom. The molecule has 0 fully saturated rings. The van der Waals surface area contributed by atoms with Gasteiger partial charge in [0, 0.05) is 11.6 Å². The number of benzene rings is 2. The van der Waals surface area contributed by atoms with E-state index in [0.29, 0.717) is 6.54 Å². The molecule has 0 bridgehead atoms. The van der Waals surface area contributed by atoms with Gasteiger partial charge in [0.1, 0.15) is 17.6 Å². The van der Waals surface area contributed by atoms with Crippen molar-refractivity contribution in [1.29, 1.82) is 0 Å². The third-order valence-corrected chi connectivity index (χ3v) is 3.72. The lowest BCUT2D eigenvalue weighted by molar-refractivity contribution is 0.213. The van der Waals surface area contributed by atoms with Crippen LogP contribution in [-0.4, -0.2) is 13.7 Å². The van der Waals surface area contributed by atoms with Crippen LogP contribution < -0.4 is 15.2 Å². The van der Waals surface area contributed by atoms with Crippen LogP contribution in [0.2, 0.25) is 5.02 Å². The quantitative estimate of drug-likeness (QED) is 0.877. The summed E-state index contributed by atoms with van der Waals surface area (Å²) in [5.41, 5.74) is 7.91. The zero-order valence-corrected chi connectivity index (χ0v) is 13.1. The van der Waals surface area contributed by atoms with Crippen LogP contribution in [0.1, 0.15) is 24.2 Å². The Bertz CT molecular complexity index is 601. The molecular weight excluding hydrogens is 286 g/mol. The molecule has 0 saturated carbocycles. The topological polar surface area (TPSA) is 44.5 Å². The summed E-state index contributed by atoms with van der Waals surface area (Å²) in [7, 11) is 1.64.